The van der Waals surface area contributed by atoms with Crippen LogP contribution >= 0.6 is 0 Å². The maximum Gasteiger partial charge on any atom is 0.338 e. The highest BCUT2D eigenvalue weighted by molar-refractivity contribution is 4.80. The number of hydrogen-bond donors (Lipinski definition) is 0. The van der Waals surface area contributed by atoms with E-state index in [1.54, 1.807) is 0 Å². The first-order valence-electron chi connectivity index (χ1n) is 8.28. The van der Waals surface area contributed by atoms with Crippen LogP contribution in [0.15, 0.2) is 14.4 Å². The van der Waals surface area contributed by atoms with Gasteiger partial charge in [0.2, 0.25) is 0 Å². The van der Waals surface area contributed by atoms with E-state index < -0.39 is 17.1 Å². The van der Waals surface area contributed by atoms with Crippen LogP contribution in [0.3, 0.4) is 0 Å². The number of methoxy groups -OCH3 is 1. The van der Waals surface area contributed by atoms with E-state index in [1.165, 1.54) is 7.11 Å². The van der Waals surface area contributed by atoms with E-state index in [0.717, 1.165) is 39.8 Å². The van der Waals surface area contributed by atoms with Gasteiger partial charge in [-0.05, 0) is 25.7 Å². The second-order valence-corrected chi connectivity index (χ2v) is 6.19. The number of hydrogen-bond acceptors (Lipinski definition) is 6. The Hall–Kier alpha value is -1.71. The van der Waals surface area contributed by atoms with Gasteiger partial charge in [0.1, 0.15) is 6.73 Å². The largest absolute Gasteiger partial charge is 0.373 e. The number of epoxide rings is 2. The van der Waals surface area contributed by atoms with E-state index in [-0.39, 0.29) is 32.0 Å². The van der Waals surface area contributed by atoms with Gasteiger partial charge in [0.05, 0.1) is 25.4 Å². The molecule has 3 rings (SSSR count). The maximum absolute atomic E-state index is 12.6. The maximum atomic E-state index is 12.6. The van der Waals surface area contributed by atoms with Crippen molar-refractivity contribution in [3.05, 3.63) is 31.5 Å². The molecular formula is C15H23N3O6. The highest BCUT2D eigenvalue weighted by atomic mass is 16.6. The summed E-state index contributed by atoms with van der Waals surface area (Å²) in [7, 11) is 1.40. The molecule has 0 aromatic carbocycles. The molecule has 134 valence electrons. The minimum Gasteiger partial charge on any atom is -0.373 e. The van der Waals surface area contributed by atoms with Crippen LogP contribution in [0.25, 0.3) is 0 Å². The molecule has 2 unspecified atom stereocenters. The number of aromatic nitrogens is 3. The third-order valence-corrected chi connectivity index (χ3v) is 4.26. The van der Waals surface area contributed by atoms with Crippen LogP contribution in [-0.4, -0.2) is 46.2 Å². The normalized spacial score (nSPS) is 21.9. The van der Waals surface area contributed by atoms with E-state index in [4.69, 9.17) is 14.2 Å². The van der Waals surface area contributed by atoms with Crippen LogP contribution in [0.4, 0.5) is 0 Å². The van der Waals surface area contributed by atoms with E-state index in [9.17, 15) is 14.4 Å². The summed E-state index contributed by atoms with van der Waals surface area (Å²) in [5.41, 5.74) is -1.79. The predicted molar refractivity (Wildman–Crippen MR) is 84.2 cm³/mol. The highest BCUT2D eigenvalue weighted by Gasteiger charge is 2.23. The Morgan fingerprint density at radius 1 is 0.875 bits per heavy atom. The second-order valence-electron chi connectivity index (χ2n) is 6.19. The van der Waals surface area contributed by atoms with Crippen molar-refractivity contribution >= 4 is 0 Å². The molecule has 2 saturated heterocycles. The van der Waals surface area contributed by atoms with Crippen molar-refractivity contribution in [1.82, 2.24) is 13.7 Å². The molecule has 1 aromatic rings. The van der Waals surface area contributed by atoms with Gasteiger partial charge in [-0.1, -0.05) is 0 Å². The molecule has 2 aliphatic heterocycles. The lowest BCUT2D eigenvalue weighted by Crippen LogP contribution is -2.54. The first kappa shape index (κ1) is 17.1. The Labute approximate surface area is 138 Å². The molecule has 0 amide bonds. The van der Waals surface area contributed by atoms with Crippen LogP contribution in [-0.2, 0) is 34.0 Å². The standard InChI is InChI=1S/C15H23N3O6/c1-22-10-18-14(20)16(6-2-4-11-8-23-11)13(19)17(15(18)21)7-3-5-12-9-24-12/h11-12H,2-10H2,1H3. The quantitative estimate of drug-likeness (QED) is 0.513. The molecule has 0 N–H and O–H groups in total. The van der Waals surface area contributed by atoms with Gasteiger partial charge in [0.15, 0.2) is 0 Å². The number of nitrogens with zero attached hydrogens (tertiary/aromatic N) is 3. The lowest BCUT2D eigenvalue weighted by molar-refractivity contribution is 0.118. The SMILES string of the molecule is COCn1c(=O)n(CCCC2CO2)c(=O)n(CCCC2CO2)c1=O. The van der Waals surface area contributed by atoms with Crippen molar-refractivity contribution in [3.8, 4) is 0 Å². The lowest BCUT2D eigenvalue weighted by Gasteiger charge is -2.13. The smallest absolute Gasteiger partial charge is 0.338 e. The van der Waals surface area contributed by atoms with Crippen molar-refractivity contribution in [3.63, 3.8) is 0 Å². The van der Waals surface area contributed by atoms with E-state index in [1.807, 2.05) is 0 Å². The molecule has 0 bridgehead atoms. The Balaban J connectivity index is 1.83. The Morgan fingerprint density at radius 3 is 1.67 bits per heavy atom. The first-order chi connectivity index (χ1) is 11.6. The molecule has 0 radical (unpaired) electrons. The van der Waals surface area contributed by atoms with Crippen LogP contribution in [0.1, 0.15) is 25.7 Å². The molecule has 1 aromatic heterocycles. The minimum absolute atomic E-state index is 0.171. The Kier molecular flexibility index (Phi) is 5.32. The van der Waals surface area contributed by atoms with Crippen LogP contribution in [0.5, 0.6) is 0 Å². The van der Waals surface area contributed by atoms with Gasteiger partial charge in [0, 0.05) is 20.2 Å². The van der Waals surface area contributed by atoms with E-state index in [2.05, 4.69) is 0 Å². The zero-order chi connectivity index (χ0) is 17.1. The summed E-state index contributed by atoms with van der Waals surface area (Å²) in [5.74, 6) is 0. The van der Waals surface area contributed by atoms with Crippen molar-refractivity contribution in [2.75, 3.05) is 20.3 Å². The molecule has 9 nitrogen and oxygen atoms in total. The summed E-state index contributed by atoms with van der Waals surface area (Å²) in [6.07, 6.45) is 3.39. The van der Waals surface area contributed by atoms with Gasteiger partial charge in [-0.15, -0.1) is 0 Å². The van der Waals surface area contributed by atoms with E-state index in [0.29, 0.717) is 12.8 Å². The predicted octanol–water partition coefficient (Wildman–Crippen LogP) is -0.866. The second kappa shape index (κ2) is 7.45. The highest BCUT2D eigenvalue weighted by Crippen LogP contribution is 2.16. The molecule has 0 saturated carbocycles. The third kappa shape index (κ3) is 4.03. The summed E-state index contributed by atoms with van der Waals surface area (Å²) < 4.78 is 18.4. The Morgan fingerprint density at radius 2 is 1.29 bits per heavy atom. The Bertz CT molecular complexity index is 685. The summed E-state index contributed by atoms with van der Waals surface area (Å²) in [6.45, 7) is 1.85. The summed E-state index contributed by atoms with van der Waals surface area (Å²) in [6, 6.07) is 0. The zero-order valence-corrected chi connectivity index (χ0v) is 13.8. The van der Waals surface area contributed by atoms with Gasteiger partial charge >= 0.3 is 17.1 Å². The van der Waals surface area contributed by atoms with Gasteiger partial charge in [-0.25, -0.2) is 28.1 Å². The van der Waals surface area contributed by atoms with Gasteiger partial charge < -0.3 is 14.2 Å². The number of rotatable bonds is 10. The van der Waals surface area contributed by atoms with Crippen LogP contribution in [0.2, 0.25) is 0 Å². The number of ether oxygens (including phenoxy) is 3. The molecule has 0 aliphatic carbocycles. The molecule has 24 heavy (non-hydrogen) atoms. The van der Waals surface area contributed by atoms with Crippen molar-refractivity contribution < 1.29 is 14.2 Å². The van der Waals surface area contributed by atoms with Crippen LogP contribution < -0.4 is 17.1 Å². The third-order valence-electron chi connectivity index (χ3n) is 4.26. The van der Waals surface area contributed by atoms with Gasteiger partial charge in [0.25, 0.3) is 0 Å². The lowest BCUT2D eigenvalue weighted by atomic mass is 10.2. The molecular weight excluding hydrogens is 318 g/mol. The first-order valence-corrected chi connectivity index (χ1v) is 8.28. The fourth-order valence-electron chi connectivity index (χ4n) is 2.73. The fourth-order valence-corrected chi connectivity index (χ4v) is 2.73. The molecule has 0 spiro atoms. The van der Waals surface area contributed by atoms with Crippen LogP contribution in [0, 0.1) is 0 Å². The molecule has 3 heterocycles. The van der Waals surface area contributed by atoms with Gasteiger partial charge in [-0.3, -0.25) is 0 Å². The van der Waals surface area contributed by atoms with Crippen molar-refractivity contribution in [2.45, 2.75) is 57.7 Å². The molecule has 2 fully saturated rings. The molecule has 9 heteroatoms. The fraction of sp³-hybridized carbons (Fsp3) is 0.800. The summed E-state index contributed by atoms with van der Waals surface area (Å²) in [5, 5.41) is 0. The summed E-state index contributed by atoms with van der Waals surface area (Å²) in [4.78, 5) is 37.4. The average molecular weight is 341 g/mol. The topological polar surface area (TPSA) is 100 Å². The van der Waals surface area contributed by atoms with Crippen molar-refractivity contribution in [2.24, 2.45) is 0 Å². The monoisotopic (exact) mass is 341 g/mol. The minimum atomic E-state index is -0.620. The summed E-state index contributed by atoms with van der Waals surface area (Å²) >= 11 is 0. The molecule has 2 aliphatic rings. The van der Waals surface area contributed by atoms with Crippen molar-refractivity contribution in [1.29, 1.82) is 0 Å². The zero-order valence-electron chi connectivity index (χ0n) is 13.8. The molecule has 2 atom stereocenters. The average Bonchev–Trinajstić information content (AvgIpc) is 3.45. The van der Waals surface area contributed by atoms with E-state index >= 15 is 0 Å². The van der Waals surface area contributed by atoms with Gasteiger partial charge in [-0.2, -0.15) is 0 Å².